The highest BCUT2D eigenvalue weighted by Gasteiger charge is 2.34. The molecule has 0 bridgehead atoms. The van der Waals surface area contributed by atoms with Gasteiger partial charge in [-0.25, -0.2) is 0 Å². The minimum absolute atomic E-state index is 0.129. The Balaban J connectivity index is 2.08. The molecule has 0 saturated carbocycles. The summed E-state index contributed by atoms with van der Waals surface area (Å²) in [4.78, 5) is 27.3. The zero-order valence-corrected chi connectivity index (χ0v) is 12.0. The zero-order chi connectivity index (χ0) is 14.8. The summed E-state index contributed by atoms with van der Waals surface area (Å²) >= 11 is 0. The molecule has 1 aromatic carbocycles. The largest absolute Gasteiger partial charge is 0.391 e. The summed E-state index contributed by atoms with van der Waals surface area (Å²) in [6, 6.07) is 6.87. The van der Waals surface area contributed by atoms with Gasteiger partial charge in [-0.2, -0.15) is 0 Å². The summed E-state index contributed by atoms with van der Waals surface area (Å²) in [7, 11) is 0. The number of nitrogens with zero attached hydrogens (tertiary/aromatic N) is 1. The average Bonchev–Trinajstić information content (AvgIpc) is 2.79. The molecule has 1 aromatic rings. The number of allylic oxidation sites excluding steroid dienone is 1. The minimum Gasteiger partial charge on any atom is -0.391 e. The predicted octanol–water partition coefficient (Wildman–Crippen LogP) is 2.19. The van der Waals surface area contributed by atoms with Crippen LogP contribution >= 0.6 is 0 Å². The van der Waals surface area contributed by atoms with Gasteiger partial charge in [-0.3, -0.25) is 9.59 Å². The van der Waals surface area contributed by atoms with Gasteiger partial charge in [0.2, 0.25) is 5.78 Å². The van der Waals surface area contributed by atoms with Gasteiger partial charge in [-0.15, -0.1) is 0 Å². The number of hydrogen-bond acceptors (Lipinski definition) is 4. The first-order valence-corrected chi connectivity index (χ1v) is 7.51. The highest BCUT2D eigenvalue weighted by atomic mass is 16.3. The van der Waals surface area contributed by atoms with Crippen molar-refractivity contribution in [2.75, 3.05) is 19.7 Å². The lowest BCUT2D eigenvalue weighted by Gasteiger charge is -2.30. The molecule has 0 radical (unpaired) electrons. The number of Topliss-reactive ketones (excluding diaryl/α,β-unsaturated/α-hetero) is 2. The van der Waals surface area contributed by atoms with Gasteiger partial charge in [0.1, 0.15) is 0 Å². The third kappa shape index (κ3) is 2.40. The summed E-state index contributed by atoms with van der Waals surface area (Å²) < 4.78 is 0. The zero-order valence-electron chi connectivity index (χ0n) is 12.0. The molecule has 1 aliphatic heterocycles. The van der Waals surface area contributed by atoms with E-state index in [1.54, 1.807) is 24.3 Å². The lowest BCUT2D eigenvalue weighted by Crippen LogP contribution is -2.35. The normalized spacial score (nSPS) is 19.6. The first-order valence-electron chi connectivity index (χ1n) is 7.51. The van der Waals surface area contributed by atoms with Gasteiger partial charge in [0.05, 0.1) is 17.9 Å². The Morgan fingerprint density at radius 3 is 2.05 bits per heavy atom. The van der Waals surface area contributed by atoms with E-state index in [2.05, 4.69) is 0 Å². The van der Waals surface area contributed by atoms with Crippen molar-refractivity contribution >= 4 is 11.6 Å². The van der Waals surface area contributed by atoms with Crippen molar-refractivity contribution < 1.29 is 14.7 Å². The van der Waals surface area contributed by atoms with Crippen LogP contribution in [0.3, 0.4) is 0 Å². The van der Waals surface area contributed by atoms with Crippen molar-refractivity contribution in [2.24, 2.45) is 0 Å². The van der Waals surface area contributed by atoms with Crippen LogP contribution in [0.5, 0.6) is 0 Å². The molecule has 2 aliphatic rings. The van der Waals surface area contributed by atoms with Crippen LogP contribution in [0.4, 0.5) is 0 Å². The van der Waals surface area contributed by atoms with Gasteiger partial charge in [-0.1, -0.05) is 37.1 Å². The lowest BCUT2D eigenvalue weighted by molar-refractivity contribution is 0.0929. The van der Waals surface area contributed by atoms with Gasteiger partial charge in [0.15, 0.2) is 5.78 Å². The molecule has 0 atom stereocenters. The Bertz CT molecular complexity index is 610. The maximum absolute atomic E-state index is 12.8. The van der Waals surface area contributed by atoms with Crippen LogP contribution in [0.2, 0.25) is 0 Å². The summed E-state index contributed by atoms with van der Waals surface area (Å²) in [6.45, 7) is 1.17. The molecule has 1 aliphatic carbocycles. The molecule has 0 aromatic heterocycles. The van der Waals surface area contributed by atoms with E-state index >= 15 is 0 Å². The van der Waals surface area contributed by atoms with E-state index < -0.39 is 0 Å². The second kappa shape index (κ2) is 5.82. The van der Waals surface area contributed by atoms with Crippen molar-refractivity contribution in [3.63, 3.8) is 0 Å². The Labute approximate surface area is 124 Å². The second-order valence-corrected chi connectivity index (χ2v) is 5.59. The summed E-state index contributed by atoms with van der Waals surface area (Å²) in [5.74, 6) is -0.344. The molecule has 4 heteroatoms. The SMILES string of the molecule is O=C1C(CO)=C(N2CCCCCC2)C(=O)c2ccccc21. The number of fused-ring (bicyclic) bond motifs is 1. The first kappa shape index (κ1) is 14.0. The number of benzene rings is 1. The van der Waals surface area contributed by atoms with Crippen LogP contribution in [0.15, 0.2) is 35.5 Å². The summed E-state index contributed by atoms with van der Waals surface area (Å²) in [6.07, 6.45) is 4.34. The second-order valence-electron chi connectivity index (χ2n) is 5.59. The first-order chi connectivity index (χ1) is 10.2. The average molecular weight is 285 g/mol. The predicted molar refractivity (Wildman–Crippen MR) is 79.3 cm³/mol. The van der Waals surface area contributed by atoms with Gasteiger partial charge >= 0.3 is 0 Å². The van der Waals surface area contributed by atoms with Gasteiger partial charge < -0.3 is 10.0 Å². The van der Waals surface area contributed by atoms with Gasteiger partial charge in [-0.05, 0) is 12.8 Å². The molecular weight excluding hydrogens is 266 g/mol. The summed E-state index contributed by atoms with van der Waals surface area (Å²) in [5.41, 5.74) is 1.53. The Hall–Kier alpha value is -1.94. The molecule has 1 heterocycles. The molecule has 110 valence electrons. The van der Waals surface area contributed by atoms with Crippen molar-refractivity contribution in [2.45, 2.75) is 25.7 Å². The molecule has 0 amide bonds. The minimum atomic E-state index is -0.384. The van der Waals surface area contributed by atoms with Crippen LogP contribution in [-0.4, -0.2) is 41.3 Å². The molecule has 3 rings (SSSR count). The van der Waals surface area contributed by atoms with Crippen LogP contribution in [0, 0.1) is 0 Å². The number of carbonyl (C=O) groups is 2. The number of likely N-dealkylation sites (tertiary alicyclic amines) is 1. The van der Waals surface area contributed by atoms with E-state index in [0.717, 1.165) is 38.8 Å². The molecule has 1 fully saturated rings. The summed E-state index contributed by atoms with van der Waals surface area (Å²) in [5, 5.41) is 9.62. The molecule has 1 N–H and O–H groups in total. The van der Waals surface area contributed by atoms with Crippen molar-refractivity contribution in [1.29, 1.82) is 0 Å². The van der Waals surface area contributed by atoms with Gasteiger partial charge in [0.25, 0.3) is 0 Å². The maximum Gasteiger partial charge on any atom is 0.210 e. The number of aliphatic hydroxyl groups excluding tert-OH is 1. The third-order valence-corrected chi connectivity index (χ3v) is 4.27. The smallest absolute Gasteiger partial charge is 0.210 e. The van der Waals surface area contributed by atoms with E-state index in [1.165, 1.54) is 0 Å². The number of hydrogen-bond donors (Lipinski definition) is 1. The standard InChI is InChI=1S/C17H19NO3/c19-11-14-15(18-9-5-1-2-6-10-18)17(21)13-8-4-3-7-12(13)16(14)20/h3-4,7-8,19H,1-2,5-6,9-11H2. The fraction of sp³-hybridized carbons (Fsp3) is 0.412. The number of aliphatic hydroxyl groups is 1. The topological polar surface area (TPSA) is 57.6 Å². The van der Waals surface area contributed by atoms with E-state index in [9.17, 15) is 14.7 Å². The molecule has 0 unspecified atom stereocenters. The van der Waals surface area contributed by atoms with E-state index in [0.29, 0.717) is 16.8 Å². The quantitative estimate of drug-likeness (QED) is 0.905. The molecular formula is C17H19NO3. The van der Waals surface area contributed by atoms with Crippen molar-refractivity contribution in [1.82, 2.24) is 4.90 Å². The van der Waals surface area contributed by atoms with Crippen LogP contribution in [0.1, 0.15) is 46.4 Å². The molecule has 21 heavy (non-hydrogen) atoms. The van der Waals surface area contributed by atoms with Crippen LogP contribution < -0.4 is 0 Å². The van der Waals surface area contributed by atoms with Gasteiger partial charge in [0, 0.05) is 24.2 Å². The number of rotatable bonds is 2. The van der Waals surface area contributed by atoms with E-state index in [-0.39, 0.29) is 23.7 Å². The molecule has 0 spiro atoms. The number of carbonyl (C=O) groups excluding carboxylic acids is 2. The molecule has 1 saturated heterocycles. The monoisotopic (exact) mass is 285 g/mol. The van der Waals surface area contributed by atoms with Crippen LogP contribution in [-0.2, 0) is 0 Å². The van der Waals surface area contributed by atoms with E-state index in [1.807, 2.05) is 4.90 Å². The third-order valence-electron chi connectivity index (χ3n) is 4.27. The van der Waals surface area contributed by atoms with Crippen LogP contribution in [0.25, 0.3) is 0 Å². The Kier molecular flexibility index (Phi) is 3.88. The Morgan fingerprint density at radius 2 is 1.48 bits per heavy atom. The van der Waals surface area contributed by atoms with Crippen molar-refractivity contribution in [3.05, 3.63) is 46.7 Å². The van der Waals surface area contributed by atoms with Crippen molar-refractivity contribution in [3.8, 4) is 0 Å². The number of ketones is 2. The fourth-order valence-corrected chi connectivity index (χ4v) is 3.19. The fourth-order valence-electron chi connectivity index (χ4n) is 3.19. The maximum atomic E-state index is 12.8. The Morgan fingerprint density at radius 1 is 0.905 bits per heavy atom. The highest BCUT2D eigenvalue weighted by molar-refractivity contribution is 6.26. The lowest BCUT2D eigenvalue weighted by atomic mass is 9.86. The van der Waals surface area contributed by atoms with E-state index in [4.69, 9.17) is 0 Å². The molecule has 4 nitrogen and oxygen atoms in total. The highest BCUT2D eigenvalue weighted by Crippen LogP contribution is 2.29.